The molecule has 0 unspecified atom stereocenters. The molecule has 0 aromatic heterocycles. The zero-order valence-corrected chi connectivity index (χ0v) is 4.98. The minimum atomic E-state index is -6.00. The van der Waals surface area contributed by atoms with E-state index >= 15 is 0 Å². The Hall–Kier alpha value is 0.421. The number of rotatable bonds is 0. The van der Waals surface area contributed by atoms with Crippen LogP contribution in [0, 0.1) is 0 Å². The maximum atomic E-state index is 9.75. The van der Waals surface area contributed by atoms with E-state index in [0.29, 0.717) is 0 Å². The van der Waals surface area contributed by atoms with Gasteiger partial charge in [0.25, 0.3) is 0 Å². The zero-order valence-electron chi connectivity index (χ0n) is 2.44. The number of hydrogen-bond donors (Lipinski definition) is 0. The summed E-state index contributed by atoms with van der Waals surface area (Å²) in [5, 5.41) is 0. The Kier molecular flexibility index (Phi) is 4.14. The largest absolute Gasteiger partial charge is 0.673 e. The predicted molar refractivity (Wildman–Crippen MR) is 10.2 cm³/mol. The molecule has 6 heavy (non-hydrogen) atoms. The molecule has 0 saturated heterocycles. The fourth-order valence-electron chi connectivity index (χ4n) is 0. The molecule has 0 aliphatic heterocycles. The van der Waals surface area contributed by atoms with Crippen molar-refractivity contribution in [2.45, 2.75) is 0 Å². The van der Waals surface area contributed by atoms with Gasteiger partial charge in [-0.2, -0.15) is 0 Å². The van der Waals surface area contributed by atoms with E-state index in [1.165, 1.54) is 0 Å². The summed E-state index contributed by atoms with van der Waals surface area (Å²) in [4.78, 5) is 0. The van der Waals surface area contributed by atoms with Crippen LogP contribution in [0.5, 0.6) is 0 Å². The van der Waals surface area contributed by atoms with Gasteiger partial charge < -0.3 is 17.3 Å². The molecular weight excluding hydrogens is 277 g/mol. The standard InChI is InChI=1S/BF4.Os/c2-1(3,4)5;/q-1;. The SMILES string of the molecule is F[B-](F)(F)F.[Os]. The van der Waals surface area contributed by atoms with Gasteiger partial charge in [0.05, 0.1) is 0 Å². The Labute approximate surface area is 45.1 Å². The maximum absolute atomic E-state index is 9.75. The number of halogens is 4. The van der Waals surface area contributed by atoms with Crippen LogP contribution in [-0.2, 0) is 19.8 Å². The van der Waals surface area contributed by atoms with Gasteiger partial charge in [-0.3, -0.25) is 0 Å². The summed E-state index contributed by atoms with van der Waals surface area (Å²) >= 11 is 0. The summed E-state index contributed by atoms with van der Waals surface area (Å²) in [5.41, 5.74) is 0. The zero-order chi connectivity index (χ0) is 4.50. The first kappa shape index (κ1) is 9.65. The normalized spacial score (nSPS) is 10.0. The summed E-state index contributed by atoms with van der Waals surface area (Å²) in [5.74, 6) is 0. The van der Waals surface area contributed by atoms with E-state index in [0.717, 1.165) is 0 Å². The molecule has 0 aromatic rings. The van der Waals surface area contributed by atoms with Crippen LogP contribution in [0.2, 0.25) is 0 Å². The van der Waals surface area contributed by atoms with Crippen molar-refractivity contribution < 1.29 is 37.1 Å². The van der Waals surface area contributed by atoms with Gasteiger partial charge in [-0.15, -0.1) is 0 Å². The molecule has 0 aromatic carbocycles. The predicted octanol–water partition coefficient (Wildman–Crippen LogP) is 1.30. The van der Waals surface area contributed by atoms with Gasteiger partial charge in [0.2, 0.25) is 0 Å². The average molecular weight is 277 g/mol. The van der Waals surface area contributed by atoms with E-state index in [2.05, 4.69) is 0 Å². The maximum Gasteiger partial charge on any atom is 0.673 e. The molecule has 0 rings (SSSR count). The van der Waals surface area contributed by atoms with Crippen molar-refractivity contribution in [1.82, 2.24) is 0 Å². The molecule has 0 aliphatic rings. The monoisotopic (exact) mass is 279 g/mol. The third-order valence-corrected chi connectivity index (χ3v) is 0. The third-order valence-electron chi connectivity index (χ3n) is 0. The molecule has 0 spiro atoms. The molecule has 0 radical (unpaired) electrons. The third kappa shape index (κ3) is 292. The summed E-state index contributed by atoms with van der Waals surface area (Å²) in [6, 6.07) is 0. The van der Waals surface area contributed by atoms with Crippen LogP contribution in [-0.4, -0.2) is 7.25 Å². The molecule has 0 nitrogen and oxygen atoms in total. The molecule has 40 valence electrons. The van der Waals surface area contributed by atoms with Crippen molar-refractivity contribution in [2.75, 3.05) is 0 Å². The second-order valence-corrected chi connectivity index (χ2v) is 0.495. The van der Waals surface area contributed by atoms with E-state index in [1.807, 2.05) is 0 Å². The van der Waals surface area contributed by atoms with Crippen LogP contribution >= 0.6 is 0 Å². The van der Waals surface area contributed by atoms with Crippen LogP contribution in [0.15, 0.2) is 0 Å². The molecule has 0 bridgehead atoms. The van der Waals surface area contributed by atoms with Crippen molar-refractivity contribution >= 4 is 7.25 Å². The Balaban J connectivity index is 0. The van der Waals surface area contributed by atoms with Gasteiger partial charge in [-0.1, -0.05) is 0 Å². The van der Waals surface area contributed by atoms with Crippen molar-refractivity contribution in [3.05, 3.63) is 0 Å². The fourth-order valence-corrected chi connectivity index (χ4v) is 0. The molecule has 0 aliphatic carbocycles. The van der Waals surface area contributed by atoms with Gasteiger partial charge in [0.15, 0.2) is 0 Å². The first-order valence-electron chi connectivity index (χ1n) is 0.873. The summed E-state index contributed by atoms with van der Waals surface area (Å²) in [6.45, 7) is 0. The molecular formula is BF4Os-. The first-order valence-corrected chi connectivity index (χ1v) is 0.873. The summed E-state index contributed by atoms with van der Waals surface area (Å²) < 4.78 is 39.0. The quantitative estimate of drug-likeness (QED) is 0.462. The molecule has 6 heteroatoms. The minimum absolute atomic E-state index is 0. The van der Waals surface area contributed by atoms with Crippen LogP contribution in [0.1, 0.15) is 0 Å². The Morgan fingerprint density at radius 3 is 0.833 bits per heavy atom. The van der Waals surface area contributed by atoms with E-state index in [4.69, 9.17) is 0 Å². The Morgan fingerprint density at radius 1 is 0.833 bits per heavy atom. The fraction of sp³-hybridized carbons (Fsp3) is 0. The second kappa shape index (κ2) is 2.57. The summed E-state index contributed by atoms with van der Waals surface area (Å²) in [7, 11) is -6.00. The Bertz CT molecular complexity index is 23.0. The van der Waals surface area contributed by atoms with Gasteiger partial charge in [-0.05, 0) is 0 Å². The average Bonchev–Trinajstić information content (AvgIpc) is 0.722. The van der Waals surface area contributed by atoms with E-state index in [-0.39, 0.29) is 19.8 Å². The molecule has 0 saturated carbocycles. The van der Waals surface area contributed by atoms with Crippen LogP contribution in [0.25, 0.3) is 0 Å². The van der Waals surface area contributed by atoms with E-state index in [9.17, 15) is 17.3 Å². The van der Waals surface area contributed by atoms with Gasteiger partial charge in [0.1, 0.15) is 0 Å². The van der Waals surface area contributed by atoms with E-state index in [1.54, 1.807) is 0 Å². The van der Waals surface area contributed by atoms with Crippen molar-refractivity contribution in [2.24, 2.45) is 0 Å². The molecule has 0 atom stereocenters. The van der Waals surface area contributed by atoms with Crippen molar-refractivity contribution in [1.29, 1.82) is 0 Å². The van der Waals surface area contributed by atoms with Gasteiger partial charge in [-0.25, -0.2) is 0 Å². The Morgan fingerprint density at radius 2 is 0.833 bits per heavy atom. The van der Waals surface area contributed by atoms with Gasteiger partial charge in [0, 0.05) is 19.8 Å². The van der Waals surface area contributed by atoms with Gasteiger partial charge >= 0.3 is 7.25 Å². The topological polar surface area (TPSA) is 0 Å². The molecule has 0 N–H and O–H groups in total. The summed E-state index contributed by atoms with van der Waals surface area (Å²) in [6.07, 6.45) is 0. The molecule has 0 heterocycles. The molecule has 0 amide bonds. The van der Waals surface area contributed by atoms with Crippen LogP contribution in [0.4, 0.5) is 17.3 Å². The second-order valence-electron chi connectivity index (χ2n) is 0.495. The van der Waals surface area contributed by atoms with E-state index < -0.39 is 7.25 Å². The smallest absolute Gasteiger partial charge is 0.418 e. The number of hydrogen-bond acceptors (Lipinski definition) is 0. The van der Waals surface area contributed by atoms with Crippen LogP contribution < -0.4 is 0 Å². The van der Waals surface area contributed by atoms with Crippen LogP contribution in [0.3, 0.4) is 0 Å². The minimum Gasteiger partial charge on any atom is -0.418 e. The first-order chi connectivity index (χ1) is 2.00. The van der Waals surface area contributed by atoms with Crippen molar-refractivity contribution in [3.8, 4) is 0 Å². The van der Waals surface area contributed by atoms with Crippen molar-refractivity contribution in [3.63, 3.8) is 0 Å². The molecule has 0 fully saturated rings.